The van der Waals surface area contributed by atoms with E-state index in [1.54, 1.807) is 11.8 Å². The second-order valence-electron chi connectivity index (χ2n) is 4.31. The molecule has 1 saturated heterocycles. The lowest BCUT2D eigenvalue weighted by molar-refractivity contribution is -0.142. The van der Waals surface area contributed by atoms with Crippen LogP contribution in [0.4, 0.5) is 0 Å². The van der Waals surface area contributed by atoms with Crippen molar-refractivity contribution in [3.8, 4) is 0 Å². The van der Waals surface area contributed by atoms with E-state index in [4.69, 9.17) is 5.11 Å². The molecule has 1 fully saturated rings. The zero-order valence-electron chi connectivity index (χ0n) is 9.93. The van der Waals surface area contributed by atoms with Crippen LogP contribution >= 0.6 is 11.8 Å². The highest BCUT2D eigenvalue weighted by Crippen LogP contribution is 2.21. The second-order valence-corrected chi connectivity index (χ2v) is 5.19. The lowest BCUT2D eigenvalue weighted by Crippen LogP contribution is -2.35. The number of hydrogen-bond acceptors (Lipinski definition) is 3. The van der Waals surface area contributed by atoms with Crippen molar-refractivity contribution in [2.45, 2.75) is 30.3 Å². The van der Waals surface area contributed by atoms with Crippen LogP contribution in [0.3, 0.4) is 0 Å². The minimum absolute atomic E-state index is 0.296. The molecule has 4 heteroatoms. The van der Waals surface area contributed by atoms with Crippen molar-refractivity contribution >= 4 is 17.7 Å². The molecule has 1 atom stereocenters. The molecule has 1 aliphatic heterocycles. The van der Waals surface area contributed by atoms with Gasteiger partial charge in [-0.1, -0.05) is 12.1 Å². The molecule has 2 rings (SSSR count). The van der Waals surface area contributed by atoms with Crippen LogP contribution < -0.4 is 0 Å². The second kappa shape index (κ2) is 5.56. The van der Waals surface area contributed by atoms with Crippen LogP contribution in [-0.2, 0) is 11.3 Å². The Morgan fingerprint density at radius 2 is 2.18 bits per heavy atom. The molecular weight excluding hydrogens is 234 g/mol. The van der Waals surface area contributed by atoms with Crippen molar-refractivity contribution in [3.63, 3.8) is 0 Å². The predicted molar refractivity (Wildman–Crippen MR) is 69.3 cm³/mol. The zero-order chi connectivity index (χ0) is 12.3. The molecule has 1 aromatic rings. The summed E-state index contributed by atoms with van der Waals surface area (Å²) < 4.78 is 0. The summed E-state index contributed by atoms with van der Waals surface area (Å²) in [6.45, 7) is 1.63. The van der Waals surface area contributed by atoms with Gasteiger partial charge in [-0.15, -0.1) is 11.8 Å². The third-order valence-electron chi connectivity index (χ3n) is 3.19. The van der Waals surface area contributed by atoms with E-state index >= 15 is 0 Å². The minimum atomic E-state index is -0.691. The summed E-state index contributed by atoms with van der Waals surface area (Å²) in [6.07, 6.45) is 3.81. The van der Waals surface area contributed by atoms with Crippen LogP contribution in [0, 0.1) is 0 Å². The van der Waals surface area contributed by atoms with E-state index in [0.29, 0.717) is 0 Å². The van der Waals surface area contributed by atoms with Gasteiger partial charge in [0.15, 0.2) is 0 Å². The fourth-order valence-electron chi connectivity index (χ4n) is 2.26. The Kier molecular flexibility index (Phi) is 4.07. The normalized spacial score (nSPS) is 20.6. The molecule has 0 spiro atoms. The van der Waals surface area contributed by atoms with Gasteiger partial charge in [0, 0.05) is 11.4 Å². The smallest absolute Gasteiger partial charge is 0.320 e. The molecule has 92 valence electrons. The molecule has 1 aromatic carbocycles. The Labute approximate surface area is 106 Å². The summed E-state index contributed by atoms with van der Waals surface area (Å²) in [4.78, 5) is 14.4. The number of thioether (sulfide) groups is 1. The maximum absolute atomic E-state index is 11.1. The molecule has 0 aromatic heterocycles. The number of hydrogen-bond donors (Lipinski definition) is 1. The average Bonchev–Trinajstić information content (AvgIpc) is 2.78. The number of carbonyl (C=O) groups is 1. The molecule has 1 N–H and O–H groups in total. The van der Waals surface area contributed by atoms with Crippen molar-refractivity contribution in [2.24, 2.45) is 0 Å². The van der Waals surface area contributed by atoms with E-state index in [1.165, 1.54) is 10.5 Å². The number of carboxylic acid groups (broad SMARTS) is 1. The van der Waals surface area contributed by atoms with Crippen molar-refractivity contribution < 1.29 is 9.90 Å². The van der Waals surface area contributed by atoms with Crippen molar-refractivity contribution in [3.05, 3.63) is 29.8 Å². The molecule has 1 heterocycles. The van der Waals surface area contributed by atoms with E-state index in [9.17, 15) is 4.79 Å². The van der Waals surface area contributed by atoms with Crippen molar-refractivity contribution in [2.75, 3.05) is 12.8 Å². The first-order valence-corrected chi connectivity index (χ1v) is 7.03. The van der Waals surface area contributed by atoms with Crippen LogP contribution in [0.15, 0.2) is 29.2 Å². The number of rotatable bonds is 4. The molecular formula is C13H17NO2S. The molecule has 0 saturated carbocycles. The van der Waals surface area contributed by atoms with Crippen molar-refractivity contribution in [1.29, 1.82) is 0 Å². The highest BCUT2D eigenvalue weighted by atomic mass is 32.2. The highest BCUT2D eigenvalue weighted by Gasteiger charge is 2.30. The lowest BCUT2D eigenvalue weighted by Gasteiger charge is -2.20. The molecule has 0 aliphatic carbocycles. The Hall–Kier alpha value is -1.00. The molecule has 3 nitrogen and oxygen atoms in total. The number of likely N-dealkylation sites (tertiary alicyclic amines) is 1. The van der Waals surface area contributed by atoms with Gasteiger partial charge < -0.3 is 5.11 Å². The zero-order valence-corrected chi connectivity index (χ0v) is 10.7. The van der Waals surface area contributed by atoms with Crippen LogP contribution in [0.25, 0.3) is 0 Å². The molecule has 1 aliphatic rings. The van der Waals surface area contributed by atoms with Gasteiger partial charge in [0.2, 0.25) is 0 Å². The quantitative estimate of drug-likeness (QED) is 0.835. The lowest BCUT2D eigenvalue weighted by atomic mass is 10.2. The fourth-order valence-corrected chi connectivity index (χ4v) is 2.67. The summed E-state index contributed by atoms with van der Waals surface area (Å²) in [5, 5.41) is 9.10. The standard InChI is InChI=1S/C13H17NO2S/c1-17-11-6-4-10(5-7-11)9-14-8-2-3-12(14)13(15)16/h4-7,12H,2-3,8-9H2,1H3,(H,15,16)/t12-/m0/s1. The van der Waals surface area contributed by atoms with Gasteiger partial charge >= 0.3 is 5.97 Å². The van der Waals surface area contributed by atoms with Gasteiger partial charge in [-0.3, -0.25) is 9.69 Å². The Morgan fingerprint density at radius 3 is 2.76 bits per heavy atom. The first-order chi connectivity index (χ1) is 8.20. The van der Waals surface area contributed by atoms with Gasteiger partial charge in [-0.2, -0.15) is 0 Å². The summed E-state index contributed by atoms with van der Waals surface area (Å²) in [5.41, 5.74) is 1.19. The van der Waals surface area contributed by atoms with Crippen LogP contribution in [0.5, 0.6) is 0 Å². The first-order valence-electron chi connectivity index (χ1n) is 5.80. The van der Waals surface area contributed by atoms with E-state index < -0.39 is 5.97 Å². The largest absolute Gasteiger partial charge is 0.480 e. The predicted octanol–water partition coefficient (Wildman–Crippen LogP) is 2.46. The molecule has 17 heavy (non-hydrogen) atoms. The monoisotopic (exact) mass is 251 g/mol. The SMILES string of the molecule is CSc1ccc(CN2CCC[C@H]2C(=O)O)cc1. The van der Waals surface area contributed by atoms with Gasteiger partial charge in [0.1, 0.15) is 6.04 Å². The first kappa shape index (κ1) is 12.5. The van der Waals surface area contributed by atoms with Crippen molar-refractivity contribution in [1.82, 2.24) is 4.90 Å². The van der Waals surface area contributed by atoms with E-state index in [0.717, 1.165) is 25.9 Å². The molecule has 0 amide bonds. The minimum Gasteiger partial charge on any atom is -0.480 e. The Balaban J connectivity index is 2.02. The van der Waals surface area contributed by atoms with Crippen LogP contribution in [-0.4, -0.2) is 34.8 Å². The van der Waals surface area contributed by atoms with Gasteiger partial charge in [-0.25, -0.2) is 0 Å². The van der Waals surface area contributed by atoms with Crippen LogP contribution in [0.1, 0.15) is 18.4 Å². The number of nitrogens with zero attached hydrogens (tertiary/aromatic N) is 1. The van der Waals surface area contributed by atoms with Gasteiger partial charge in [-0.05, 0) is 43.3 Å². The summed E-state index contributed by atoms with van der Waals surface area (Å²) in [7, 11) is 0. The maximum Gasteiger partial charge on any atom is 0.320 e. The maximum atomic E-state index is 11.1. The molecule has 0 radical (unpaired) electrons. The highest BCUT2D eigenvalue weighted by molar-refractivity contribution is 7.98. The topological polar surface area (TPSA) is 40.5 Å². The fraction of sp³-hybridized carbons (Fsp3) is 0.462. The molecule has 0 bridgehead atoms. The van der Waals surface area contributed by atoms with Gasteiger partial charge in [0.25, 0.3) is 0 Å². The van der Waals surface area contributed by atoms with E-state index in [1.807, 2.05) is 0 Å². The van der Waals surface area contributed by atoms with E-state index in [2.05, 4.69) is 35.4 Å². The van der Waals surface area contributed by atoms with Crippen LogP contribution in [0.2, 0.25) is 0 Å². The Bertz CT molecular complexity index is 391. The summed E-state index contributed by atoms with van der Waals surface area (Å²) in [5.74, 6) is -0.691. The Morgan fingerprint density at radius 1 is 1.47 bits per heavy atom. The van der Waals surface area contributed by atoms with Gasteiger partial charge in [0.05, 0.1) is 0 Å². The molecule has 0 unspecified atom stereocenters. The third kappa shape index (κ3) is 3.01. The number of carboxylic acids is 1. The number of benzene rings is 1. The number of aliphatic carboxylic acids is 1. The van der Waals surface area contributed by atoms with E-state index in [-0.39, 0.29) is 6.04 Å². The third-order valence-corrected chi connectivity index (χ3v) is 3.94. The summed E-state index contributed by atoms with van der Waals surface area (Å²) >= 11 is 1.72. The average molecular weight is 251 g/mol. The summed E-state index contributed by atoms with van der Waals surface area (Å²) in [6, 6.07) is 8.05.